The van der Waals surface area contributed by atoms with Gasteiger partial charge in [0.15, 0.2) is 11.5 Å². The van der Waals surface area contributed by atoms with Crippen LogP contribution in [0.25, 0.3) is 0 Å². The zero-order valence-corrected chi connectivity index (χ0v) is 12.1. The third-order valence-corrected chi connectivity index (χ3v) is 3.79. The summed E-state index contributed by atoms with van der Waals surface area (Å²) >= 11 is 9.25. The number of ether oxygens (including phenoxy) is 2. The van der Waals surface area contributed by atoms with Gasteiger partial charge in [-0.3, -0.25) is 0 Å². The molecule has 0 bridgehead atoms. The molecule has 98 valence electrons. The Kier molecular flexibility index (Phi) is 3.39. The molecule has 0 aliphatic carbocycles. The summed E-state index contributed by atoms with van der Waals surface area (Å²) in [5.41, 5.74) is 1.51. The first kappa shape index (κ1) is 12.8. The molecule has 0 fully saturated rings. The van der Waals surface area contributed by atoms with Crippen LogP contribution < -0.4 is 9.47 Å². The van der Waals surface area contributed by atoms with Gasteiger partial charge in [0.25, 0.3) is 0 Å². The van der Waals surface area contributed by atoms with Crippen LogP contribution >= 0.6 is 27.5 Å². The van der Waals surface area contributed by atoms with Gasteiger partial charge in [-0.1, -0.05) is 23.7 Å². The molecule has 5 heteroatoms. The van der Waals surface area contributed by atoms with E-state index < -0.39 is 6.10 Å². The van der Waals surface area contributed by atoms with Crippen molar-refractivity contribution in [1.82, 2.24) is 0 Å². The zero-order valence-electron chi connectivity index (χ0n) is 9.77. The number of fused-ring (bicyclic) bond motifs is 1. The molecular weight excluding hydrogens is 332 g/mol. The topological polar surface area (TPSA) is 38.7 Å². The quantitative estimate of drug-likeness (QED) is 0.900. The second kappa shape index (κ2) is 5.04. The van der Waals surface area contributed by atoms with Crippen LogP contribution in [0.5, 0.6) is 11.5 Å². The van der Waals surface area contributed by atoms with Crippen LogP contribution in [0.2, 0.25) is 5.02 Å². The molecule has 3 nitrogen and oxygen atoms in total. The summed E-state index contributed by atoms with van der Waals surface area (Å²) in [6, 6.07) is 10.7. The highest BCUT2D eigenvalue weighted by Crippen LogP contribution is 2.42. The van der Waals surface area contributed by atoms with Gasteiger partial charge in [-0.25, -0.2) is 0 Å². The van der Waals surface area contributed by atoms with Crippen molar-refractivity contribution in [2.45, 2.75) is 6.10 Å². The molecule has 1 heterocycles. The van der Waals surface area contributed by atoms with Crippen molar-refractivity contribution in [3.8, 4) is 11.5 Å². The Morgan fingerprint density at radius 1 is 1.11 bits per heavy atom. The van der Waals surface area contributed by atoms with E-state index in [9.17, 15) is 5.11 Å². The monoisotopic (exact) mass is 340 g/mol. The molecule has 0 saturated carbocycles. The number of hydrogen-bond acceptors (Lipinski definition) is 3. The van der Waals surface area contributed by atoms with Gasteiger partial charge in [-0.2, -0.15) is 0 Å². The molecule has 19 heavy (non-hydrogen) atoms. The first-order chi connectivity index (χ1) is 9.15. The van der Waals surface area contributed by atoms with Gasteiger partial charge in [0.1, 0.15) is 6.10 Å². The first-order valence-corrected chi connectivity index (χ1v) is 6.85. The van der Waals surface area contributed by atoms with Crippen LogP contribution in [0.15, 0.2) is 40.9 Å². The Balaban J connectivity index is 1.98. The number of hydrogen-bond donors (Lipinski definition) is 1. The predicted octanol–water partition coefficient (Wildman–Crippen LogP) is 3.91. The van der Waals surface area contributed by atoms with Crippen LogP contribution in [0.4, 0.5) is 0 Å². The lowest BCUT2D eigenvalue weighted by atomic mass is 10.0. The predicted molar refractivity (Wildman–Crippen MR) is 75.8 cm³/mol. The van der Waals surface area contributed by atoms with Crippen molar-refractivity contribution in [2.24, 2.45) is 0 Å². The highest BCUT2D eigenvalue weighted by molar-refractivity contribution is 9.10. The van der Waals surface area contributed by atoms with Crippen molar-refractivity contribution in [1.29, 1.82) is 0 Å². The molecule has 3 rings (SSSR count). The van der Waals surface area contributed by atoms with Crippen molar-refractivity contribution in [2.75, 3.05) is 6.79 Å². The van der Waals surface area contributed by atoms with E-state index in [1.165, 1.54) is 0 Å². The normalized spacial score (nSPS) is 14.5. The number of benzene rings is 2. The Bertz CT molecular complexity index is 613. The third-order valence-electron chi connectivity index (χ3n) is 2.95. The summed E-state index contributed by atoms with van der Waals surface area (Å²) in [6.45, 7) is 0.203. The molecule has 0 aromatic heterocycles. The number of rotatable bonds is 2. The van der Waals surface area contributed by atoms with E-state index in [-0.39, 0.29) is 6.79 Å². The lowest BCUT2D eigenvalue weighted by Crippen LogP contribution is -1.99. The smallest absolute Gasteiger partial charge is 0.231 e. The number of halogens is 2. The average molecular weight is 342 g/mol. The SMILES string of the molecule is OC(c1ccc(Cl)cc1)c1cc(Br)c2c(c1)OCO2. The molecular formula is C14H10BrClO3. The summed E-state index contributed by atoms with van der Waals surface area (Å²) in [4.78, 5) is 0. The standard InChI is InChI=1S/C14H10BrClO3/c15-11-5-9(6-12-14(11)19-7-18-12)13(17)8-1-3-10(16)4-2-8/h1-6,13,17H,7H2. The summed E-state index contributed by atoms with van der Waals surface area (Å²) < 4.78 is 11.4. The summed E-state index contributed by atoms with van der Waals surface area (Å²) in [5, 5.41) is 11.0. The molecule has 0 radical (unpaired) electrons. The molecule has 1 aliphatic rings. The molecule has 0 saturated heterocycles. The van der Waals surface area contributed by atoms with Gasteiger partial charge in [-0.15, -0.1) is 0 Å². The fourth-order valence-corrected chi connectivity index (χ4v) is 2.68. The molecule has 0 spiro atoms. The van der Waals surface area contributed by atoms with Gasteiger partial charge < -0.3 is 14.6 Å². The maximum Gasteiger partial charge on any atom is 0.231 e. The number of aliphatic hydroxyl groups is 1. The van der Waals surface area contributed by atoms with Crippen molar-refractivity contribution in [3.05, 3.63) is 57.0 Å². The van der Waals surface area contributed by atoms with E-state index >= 15 is 0 Å². The van der Waals surface area contributed by atoms with Gasteiger partial charge >= 0.3 is 0 Å². The lowest BCUT2D eigenvalue weighted by molar-refractivity contribution is 0.173. The highest BCUT2D eigenvalue weighted by atomic mass is 79.9. The summed E-state index contributed by atoms with van der Waals surface area (Å²) in [6.07, 6.45) is -0.733. The third kappa shape index (κ3) is 2.43. The van der Waals surface area contributed by atoms with E-state index in [4.69, 9.17) is 21.1 Å². The average Bonchev–Trinajstić information content (AvgIpc) is 2.87. The van der Waals surface area contributed by atoms with E-state index in [0.717, 1.165) is 15.6 Å². The second-order valence-electron chi connectivity index (χ2n) is 4.19. The van der Waals surface area contributed by atoms with Crippen molar-refractivity contribution in [3.63, 3.8) is 0 Å². The van der Waals surface area contributed by atoms with E-state index in [2.05, 4.69) is 15.9 Å². The molecule has 0 amide bonds. The zero-order chi connectivity index (χ0) is 13.4. The summed E-state index contributed by atoms with van der Waals surface area (Å²) in [7, 11) is 0. The van der Waals surface area contributed by atoms with E-state index in [1.54, 1.807) is 30.3 Å². The van der Waals surface area contributed by atoms with Gasteiger partial charge in [0, 0.05) is 5.02 Å². The molecule has 1 unspecified atom stereocenters. The van der Waals surface area contributed by atoms with Crippen molar-refractivity contribution >= 4 is 27.5 Å². The first-order valence-electron chi connectivity index (χ1n) is 5.68. The second-order valence-corrected chi connectivity index (χ2v) is 5.48. The maximum absolute atomic E-state index is 10.4. The molecule has 2 aromatic carbocycles. The van der Waals surface area contributed by atoms with Crippen LogP contribution in [-0.4, -0.2) is 11.9 Å². The summed E-state index contributed by atoms with van der Waals surface area (Å²) in [5.74, 6) is 1.31. The fraction of sp³-hybridized carbons (Fsp3) is 0.143. The van der Waals surface area contributed by atoms with E-state index in [0.29, 0.717) is 16.5 Å². The van der Waals surface area contributed by atoms with Gasteiger partial charge in [0.05, 0.1) is 4.47 Å². The van der Waals surface area contributed by atoms with Crippen LogP contribution in [0, 0.1) is 0 Å². The Morgan fingerprint density at radius 3 is 2.58 bits per heavy atom. The van der Waals surface area contributed by atoms with Crippen LogP contribution in [-0.2, 0) is 0 Å². The lowest BCUT2D eigenvalue weighted by Gasteiger charge is -2.13. The van der Waals surface area contributed by atoms with Crippen molar-refractivity contribution < 1.29 is 14.6 Å². The van der Waals surface area contributed by atoms with Gasteiger partial charge in [0.2, 0.25) is 6.79 Å². The minimum Gasteiger partial charge on any atom is -0.454 e. The fourth-order valence-electron chi connectivity index (χ4n) is 1.98. The minimum absolute atomic E-state index is 0.203. The molecule has 1 N–H and O–H groups in total. The maximum atomic E-state index is 10.4. The van der Waals surface area contributed by atoms with E-state index in [1.807, 2.05) is 6.07 Å². The minimum atomic E-state index is -0.733. The molecule has 2 aromatic rings. The largest absolute Gasteiger partial charge is 0.454 e. The Labute approximate surface area is 123 Å². The highest BCUT2D eigenvalue weighted by Gasteiger charge is 2.21. The molecule has 1 atom stereocenters. The molecule has 1 aliphatic heterocycles. The number of aliphatic hydroxyl groups excluding tert-OH is 1. The van der Waals surface area contributed by atoms with Crippen LogP contribution in [0.3, 0.4) is 0 Å². The Hall–Kier alpha value is -1.23. The Morgan fingerprint density at radius 2 is 1.84 bits per heavy atom. The van der Waals surface area contributed by atoms with Crippen LogP contribution in [0.1, 0.15) is 17.2 Å². The van der Waals surface area contributed by atoms with Gasteiger partial charge in [-0.05, 0) is 51.3 Å².